The maximum absolute atomic E-state index is 5.64. The van der Waals surface area contributed by atoms with Gasteiger partial charge in [0.05, 0.1) is 13.2 Å². The van der Waals surface area contributed by atoms with Gasteiger partial charge in [-0.05, 0) is 24.8 Å². The minimum Gasteiger partial charge on any atom is -0.373 e. The number of hydrogen-bond acceptors (Lipinski definition) is 1. The number of allylic oxidation sites excluding steroid dienone is 1. The number of benzene rings is 1. The molecule has 1 rings (SSSR count). The van der Waals surface area contributed by atoms with Crippen molar-refractivity contribution < 1.29 is 4.74 Å². The summed E-state index contributed by atoms with van der Waals surface area (Å²) in [6.07, 6.45) is 4.72. The molecule has 17 heavy (non-hydrogen) atoms. The summed E-state index contributed by atoms with van der Waals surface area (Å²) in [4.78, 5) is 0. The van der Waals surface area contributed by atoms with Gasteiger partial charge in [0.25, 0.3) is 0 Å². The third kappa shape index (κ3) is 5.69. The molecule has 1 nitrogen and oxygen atoms in total. The van der Waals surface area contributed by atoms with Crippen molar-refractivity contribution >= 4 is 0 Å². The quantitative estimate of drug-likeness (QED) is 0.493. The molecule has 1 unspecified atom stereocenters. The van der Waals surface area contributed by atoms with Crippen LogP contribution in [0.5, 0.6) is 0 Å². The van der Waals surface area contributed by atoms with Crippen LogP contribution in [0.2, 0.25) is 0 Å². The molecule has 1 aromatic carbocycles. The molecule has 1 heteroatoms. The summed E-state index contributed by atoms with van der Waals surface area (Å²) in [5.41, 5.74) is 2.68. The molecule has 1 atom stereocenters. The van der Waals surface area contributed by atoms with Gasteiger partial charge in [0, 0.05) is 0 Å². The Labute approximate surface area is 106 Å². The average molecular weight is 232 g/mol. The molecule has 0 aromatic heterocycles. The van der Waals surface area contributed by atoms with Gasteiger partial charge < -0.3 is 4.74 Å². The summed E-state index contributed by atoms with van der Waals surface area (Å²) in [6.45, 7) is 8.13. The summed E-state index contributed by atoms with van der Waals surface area (Å²) < 4.78 is 5.64. The van der Waals surface area contributed by atoms with Gasteiger partial charge in [-0.2, -0.15) is 0 Å². The van der Waals surface area contributed by atoms with Gasteiger partial charge in [-0.25, -0.2) is 0 Å². The zero-order valence-corrected chi connectivity index (χ0v) is 11.3. The molecule has 0 saturated heterocycles. The number of ether oxygens (including phenoxy) is 1. The predicted molar refractivity (Wildman–Crippen MR) is 73.9 cm³/mol. The van der Waals surface area contributed by atoms with E-state index in [2.05, 4.69) is 39.0 Å². The first-order valence-corrected chi connectivity index (χ1v) is 6.52. The fourth-order valence-corrected chi connectivity index (χ4v) is 1.80. The van der Waals surface area contributed by atoms with Crippen LogP contribution < -0.4 is 0 Å². The SMILES string of the molecule is CCCC(C)C(C)=CCOCc1ccccc1. The summed E-state index contributed by atoms with van der Waals surface area (Å²) in [6, 6.07) is 10.3. The van der Waals surface area contributed by atoms with Crippen LogP contribution in [0.4, 0.5) is 0 Å². The van der Waals surface area contributed by atoms with Crippen molar-refractivity contribution in [1.82, 2.24) is 0 Å². The predicted octanol–water partition coefficient (Wildman–Crippen LogP) is 4.59. The van der Waals surface area contributed by atoms with Crippen LogP contribution in [0.1, 0.15) is 39.2 Å². The molecule has 0 aliphatic heterocycles. The Hall–Kier alpha value is -1.08. The van der Waals surface area contributed by atoms with Crippen molar-refractivity contribution in [2.75, 3.05) is 6.61 Å². The Morgan fingerprint density at radius 2 is 2.00 bits per heavy atom. The number of rotatable bonds is 7. The van der Waals surface area contributed by atoms with E-state index in [4.69, 9.17) is 4.74 Å². The van der Waals surface area contributed by atoms with Gasteiger partial charge in [0.2, 0.25) is 0 Å². The van der Waals surface area contributed by atoms with Gasteiger partial charge in [-0.3, -0.25) is 0 Å². The Balaban J connectivity index is 2.25. The second-order valence-corrected chi connectivity index (χ2v) is 4.64. The first kappa shape index (κ1) is 14.0. The average Bonchev–Trinajstić information content (AvgIpc) is 2.36. The maximum Gasteiger partial charge on any atom is 0.0721 e. The maximum atomic E-state index is 5.64. The van der Waals surface area contributed by atoms with Crippen molar-refractivity contribution in [3.8, 4) is 0 Å². The highest BCUT2D eigenvalue weighted by Crippen LogP contribution is 2.15. The lowest BCUT2D eigenvalue weighted by Gasteiger charge is -2.10. The summed E-state index contributed by atoms with van der Waals surface area (Å²) >= 11 is 0. The van der Waals surface area contributed by atoms with E-state index in [0.717, 1.165) is 6.61 Å². The largest absolute Gasteiger partial charge is 0.373 e. The van der Waals surface area contributed by atoms with E-state index in [9.17, 15) is 0 Å². The van der Waals surface area contributed by atoms with E-state index in [0.29, 0.717) is 12.5 Å². The highest BCUT2D eigenvalue weighted by molar-refractivity contribution is 5.13. The molecule has 0 aliphatic carbocycles. The van der Waals surface area contributed by atoms with E-state index in [1.54, 1.807) is 0 Å². The van der Waals surface area contributed by atoms with Crippen molar-refractivity contribution in [3.05, 3.63) is 47.5 Å². The standard InChI is InChI=1S/C16H24O/c1-4-8-14(2)15(3)11-12-17-13-16-9-6-5-7-10-16/h5-7,9-11,14H,4,8,12-13H2,1-3H3. The Morgan fingerprint density at radius 1 is 1.29 bits per heavy atom. The van der Waals surface area contributed by atoms with E-state index in [-0.39, 0.29) is 0 Å². The fraction of sp³-hybridized carbons (Fsp3) is 0.500. The first-order chi connectivity index (χ1) is 8.24. The van der Waals surface area contributed by atoms with E-state index in [1.807, 2.05) is 18.2 Å². The van der Waals surface area contributed by atoms with Crippen LogP contribution in [0.3, 0.4) is 0 Å². The Morgan fingerprint density at radius 3 is 2.65 bits per heavy atom. The lowest BCUT2D eigenvalue weighted by molar-refractivity contribution is 0.148. The molecule has 0 heterocycles. The lowest BCUT2D eigenvalue weighted by atomic mass is 9.98. The van der Waals surface area contributed by atoms with E-state index < -0.39 is 0 Å². The molecule has 0 amide bonds. The van der Waals surface area contributed by atoms with Crippen LogP contribution in [0.15, 0.2) is 42.0 Å². The van der Waals surface area contributed by atoms with Gasteiger partial charge in [-0.1, -0.05) is 62.2 Å². The first-order valence-electron chi connectivity index (χ1n) is 6.52. The second-order valence-electron chi connectivity index (χ2n) is 4.64. The molecule has 0 bridgehead atoms. The highest BCUT2D eigenvalue weighted by atomic mass is 16.5. The van der Waals surface area contributed by atoms with Crippen molar-refractivity contribution in [1.29, 1.82) is 0 Å². The molecule has 0 aliphatic rings. The van der Waals surface area contributed by atoms with E-state index in [1.165, 1.54) is 24.0 Å². The van der Waals surface area contributed by atoms with Crippen molar-refractivity contribution in [2.24, 2.45) is 5.92 Å². The summed E-state index contributed by atoms with van der Waals surface area (Å²) in [5, 5.41) is 0. The van der Waals surface area contributed by atoms with Gasteiger partial charge in [-0.15, -0.1) is 0 Å². The molecular weight excluding hydrogens is 208 g/mol. The number of hydrogen-bond donors (Lipinski definition) is 0. The molecule has 0 spiro atoms. The normalized spacial score (nSPS) is 13.7. The smallest absolute Gasteiger partial charge is 0.0721 e. The topological polar surface area (TPSA) is 9.23 Å². The third-order valence-corrected chi connectivity index (χ3v) is 3.13. The molecule has 0 N–H and O–H groups in total. The van der Waals surface area contributed by atoms with Crippen LogP contribution >= 0.6 is 0 Å². The van der Waals surface area contributed by atoms with Crippen LogP contribution in [-0.4, -0.2) is 6.61 Å². The molecule has 1 aromatic rings. The second kappa shape index (κ2) is 8.08. The highest BCUT2D eigenvalue weighted by Gasteiger charge is 2.01. The zero-order chi connectivity index (χ0) is 12.5. The Bertz CT molecular complexity index is 327. The van der Waals surface area contributed by atoms with Gasteiger partial charge in [0.15, 0.2) is 0 Å². The molecule has 0 fully saturated rings. The van der Waals surface area contributed by atoms with E-state index >= 15 is 0 Å². The van der Waals surface area contributed by atoms with Crippen molar-refractivity contribution in [2.45, 2.75) is 40.2 Å². The van der Waals surface area contributed by atoms with Crippen LogP contribution in [0.25, 0.3) is 0 Å². The monoisotopic (exact) mass is 232 g/mol. The molecular formula is C16H24O. The summed E-state index contributed by atoms with van der Waals surface area (Å²) in [5.74, 6) is 0.681. The lowest BCUT2D eigenvalue weighted by Crippen LogP contribution is -1.99. The third-order valence-electron chi connectivity index (χ3n) is 3.13. The molecule has 0 saturated carbocycles. The van der Waals surface area contributed by atoms with Crippen LogP contribution in [-0.2, 0) is 11.3 Å². The molecule has 94 valence electrons. The molecule has 0 radical (unpaired) electrons. The minimum atomic E-state index is 0.681. The van der Waals surface area contributed by atoms with Gasteiger partial charge in [0.1, 0.15) is 0 Å². The van der Waals surface area contributed by atoms with Crippen molar-refractivity contribution in [3.63, 3.8) is 0 Å². The summed E-state index contributed by atoms with van der Waals surface area (Å²) in [7, 11) is 0. The zero-order valence-electron chi connectivity index (χ0n) is 11.3. The Kier molecular flexibility index (Phi) is 6.64. The van der Waals surface area contributed by atoms with Gasteiger partial charge >= 0.3 is 0 Å². The van der Waals surface area contributed by atoms with Crippen LogP contribution in [0, 0.1) is 5.92 Å². The fourth-order valence-electron chi connectivity index (χ4n) is 1.80. The minimum absolute atomic E-state index is 0.681.